The molecule has 0 saturated carbocycles. The van der Waals surface area contributed by atoms with Gasteiger partial charge >= 0.3 is 0 Å². The number of Topliss-reactive ketones (excluding diaryl/α,β-unsaturated/α-hetero) is 2. The highest BCUT2D eigenvalue weighted by Crippen LogP contribution is 2.49. The van der Waals surface area contributed by atoms with Gasteiger partial charge in [-0.2, -0.15) is 0 Å². The van der Waals surface area contributed by atoms with Crippen molar-refractivity contribution in [3.63, 3.8) is 0 Å². The van der Waals surface area contributed by atoms with E-state index in [-0.39, 0.29) is 17.5 Å². The molecule has 1 aliphatic heterocycles. The molecule has 0 aromatic heterocycles. The minimum Gasteiger partial charge on any atom is -0.494 e. The van der Waals surface area contributed by atoms with Crippen molar-refractivity contribution >= 4 is 17.3 Å². The van der Waals surface area contributed by atoms with Crippen molar-refractivity contribution in [2.24, 2.45) is 0 Å². The fourth-order valence-electron chi connectivity index (χ4n) is 4.62. The maximum absolute atomic E-state index is 13.3. The Morgan fingerprint density at radius 2 is 1.82 bits per heavy atom. The Morgan fingerprint density at radius 3 is 2.64 bits per heavy atom. The minimum absolute atomic E-state index is 0.00911. The maximum atomic E-state index is 13.3. The molecule has 1 N–H and O–H groups in total. The highest BCUT2D eigenvalue weighted by atomic mass is 16.5. The summed E-state index contributed by atoms with van der Waals surface area (Å²) in [5.41, 5.74) is 5.83. The molecule has 0 bridgehead atoms. The lowest BCUT2D eigenvalue weighted by molar-refractivity contribution is -0.116. The standard InChI is InChI=1S/C24H21NO3/c1-2-28-15-8-5-7-14(13-15)20-21-18(11-6-12-19(21)26)25-23-16-9-3-4-10-17(16)24(27)22(20)23/h3-5,7-10,13,20,25H,2,6,11-12H2,1H3. The summed E-state index contributed by atoms with van der Waals surface area (Å²) in [4.78, 5) is 26.3. The summed E-state index contributed by atoms with van der Waals surface area (Å²) in [6.07, 6.45) is 2.20. The second kappa shape index (κ2) is 6.48. The number of hydrogen-bond donors (Lipinski definition) is 1. The highest BCUT2D eigenvalue weighted by molar-refractivity contribution is 6.23. The van der Waals surface area contributed by atoms with Crippen molar-refractivity contribution in [1.29, 1.82) is 0 Å². The van der Waals surface area contributed by atoms with Crippen molar-refractivity contribution in [2.45, 2.75) is 32.1 Å². The van der Waals surface area contributed by atoms with Crippen LogP contribution in [0.1, 0.15) is 53.6 Å². The van der Waals surface area contributed by atoms with Crippen LogP contribution in [0.4, 0.5) is 0 Å². The molecule has 4 heteroatoms. The van der Waals surface area contributed by atoms with Crippen molar-refractivity contribution < 1.29 is 14.3 Å². The summed E-state index contributed by atoms with van der Waals surface area (Å²) in [6, 6.07) is 15.5. The number of fused-ring (bicyclic) bond motifs is 2. The van der Waals surface area contributed by atoms with E-state index in [2.05, 4.69) is 5.32 Å². The third-order valence-electron chi connectivity index (χ3n) is 5.77. The topological polar surface area (TPSA) is 55.4 Å². The van der Waals surface area contributed by atoms with E-state index in [9.17, 15) is 9.59 Å². The molecular formula is C24H21NO3. The van der Waals surface area contributed by atoms with Gasteiger partial charge in [0.1, 0.15) is 5.75 Å². The number of carbonyl (C=O) groups is 2. The molecule has 1 unspecified atom stereocenters. The van der Waals surface area contributed by atoms with Gasteiger partial charge in [-0.25, -0.2) is 0 Å². The van der Waals surface area contributed by atoms with Crippen LogP contribution in [0.15, 0.2) is 65.4 Å². The number of hydrogen-bond acceptors (Lipinski definition) is 4. The fourth-order valence-corrected chi connectivity index (χ4v) is 4.62. The van der Waals surface area contributed by atoms with E-state index in [0.29, 0.717) is 24.2 Å². The van der Waals surface area contributed by atoms with E-state index in [4.69, 9.17) is 4.74 Å². The third-order valence-corrected chi connectivity index (χ3v) is 5.77. The first-order chi connectivity index (χ1) is 13.7. The van der Waals surface area contributed by atoms with Crippen LogP contribution in [0.25, 0.3) is 5.70 Å². The lowest BCUT2D eigenvalue weighted by Gasteiger charge is -2.33. The monoisotopic (exact) mass is 371 g/mol. The number of rotatable bonds is 3. The van der Waals surface area contributed by atoms with Crippen molar-refractivity contribution in [2.75, 3.05) is 6.61 Å². The van der Waals surface area contributed by atoms with E-state index >= 15 is 0 Å². The number of dihydropyridines is 1. The van der Waals surface area contributed by atoms with Gasteiger partial charge in [0.05, 0.1) is 12.3 Å². The first-order valence-corrected chi connectivity index (χ1v) is 9.83. The molecule has 5 rings (SSSR count). The van der Waals surface area contributed by atoms with E-state index in [1.807, 2.05) is 55.5 Å². The van der Waals surface area contributed by atoms with Gasteiger partial charge in [0.15, 0.2) is 11.6 Å². The van der Waals surface area contributed by atoms with E-state index < -0.39 is 0 Å². The van der Waals surface area contributed by atoms with E-state index in [1.54, 1.807) is 0 Å². The van der Waals surface area contributed by atoms with Gasteiger partial charge in [-0.15, -0.1) is 0 Å². The average Bonchev–Trinajstić information content (AvgIpc) is 3.00. The molecule has 0 spiro atoms. The second-order valence-electron chi connectivity index (χ2n) is 7.40. The molecule has 0 amide bonds. The number of benzene rings is 2. The summed E-state index contributed by atoms with van der Waals surface area (Å²) in [6.45, 7) is 2.52. The van der Waals surface area contributed by atoms with Crippen LogP contribution in [0.5, 0.6) is 5.75 Å². The molecule has 28 heavy (non-hydrogen) atoms. The third kappa shape index (κ3) is 2.44. The molecule has 3 aliphatic rings. The Morgan fingerprint density at radius 1 is 1.00 bits per heavy atom. The smallest absolute Gasteiger partial charge is 0.192 e. The molecule has 2 aliphatic carbocycles. The number of nitrogens with one attached hydrogen (secondary N) is 1. The van der Waals surface area contributed by atoms with Gasteiger partial charge in [0.25, 0.3) is 0 Å². The van der Waals surface area contributed by atoms with Crippen molar-refractivity contribution in [1.82, 2.24) is 5.32 Å². The summed E-state index contributed by atoms with van der Waals surface area (Å²) in [5.74, 6) is 0.555. The van der Waals surface area contributed by atoms with Crippen LogP contribution >= 0.6 is 0 Å². The van der Waals surface area contributed by atoms with Crippen LogP contribution in [0.3, 0.4) is 0 Å². The van der Waals surface area contributed by atoms with Crippen LogP contribution in [-0.2, 0) is 4.79 Å². The van der Waals surface area contributed by atoms with Crippen LogP contribution < -0.4 is 10.1 Å². The molecule has 1 atom stereocenters. The predicted octanol–water partition coefficient (Wildman–Crippen LogP) is 4.39. The molecule has 2 aromatic carbocycles. The minimum atomic E-state index is -0.348. The van der Waals surface area contributed by atoms with E-state index in [0.717, 1.165) is 46.7 Å². The van der Waals surface area contributed by atoms with Gasteiger partial charge in [0.2, 0.25) is 0 Å². The largest absolute Gasteiger partial charge is 0.494 e. The molecule has 1 heterocycles. The first-order valence-electron chi connectivity index (χ1n) is 9.83. The highest BCUT2D eigenvalue weighted by Gasteiger charge is 2.43. The Hall–Kier alpha value is -3.14. The molecule has 0 fully saturated rings. The molecular weight excluding hydrogens is 350 g/mol. The molecule has 0 saturated heterocycles. The first kappa shape index (κ1) is 17.0. The molecule has 0 radical (unpaired) electrons. The summed E-state index contributed by atoms with van der Waals surface area (Å²) in [7, 11) is 0. The Balaban J connectivity index is 1.72. The Labute approximate surface area is 163 Å². The quantitative estimate of drug-likeness (QED) is 0.870. The number of ether oxygens (including phenoxy) is 1. The number of carbonyl (C=O) groups excluding carboxylic acids is 2. The Kier molecular flexibility index (Phi) is 3.93. The summed E-state index contributed by atoms with van der Waals surface area (Å²) < 4.78 is 5.68. The van der Waals surface area contributed by atoms with Crippen LogP contribution in [0.2, 0.25) is 0 Å². The SMILES string of the molecule is CCOc1cccc(C2C3=C(CCCC3=O)NC3=C2C(=O)c2ccccc23)c1. The van der Waals surface area contributed by atoms with E-state index in [1.165, 1.54) is 0 Å². The molecule has 140 valence electrons. The maximum Gasteiger partial charge on any atom is 0.192 e. The van der Waals surface area contributed by atoms with Gasteiger partial charge in [0, 0.05) is 40.3 Å². The normalized spacial score (nSPS) is 20.5. The summed E-state index contributed by atoms with van der Waals surface area (Å²) >= 11 is 0. The van der Waals surface area contributed by atoms with Crippen LogP contribution in [-0.4, -0.2) is 18.2 Å². The fraction of sp³-hybridized carbons (Fsp3) is 0.250. The lowest BCUT2D eigenvalue weighted by Crippen LogP contribution is -2.31. The van der Waals surface area contributed by atoms with Gasteiger partial charge < -0.3 is 10.1 Å². The van der Waals surface area contributed by atoms with Crippen LogP contribution in [0, 0.1) is 0 Å². The van der Waals surface area contributed by atoms with Gasteiger partial charge in [-0.05, 0) is 37.5 Å². The zero-order valence-corrected chi connectivity index (χ0v) is 15.7. The van der Waals surface area contributed by atoms with Gasteiger partial charge in [-0.1, -0.05) is 36.4 Å². The second-order valence-corrected chi connectivity index (χ2v) is 7.40. The van der Waals surface area contributed by atoms with Crippen molar-refractivity contribution in [3.8, 4) is 5.75 Å². The molecule has 4 nitrogen and oxygen atoms in total. The summed E-state index contributed by atoms with van der Waals surface area (Å²) in [5, 5.41) is 3.46. The zero-order chi connectivity index (χ0) is 19.3. The van der Waals surface area contributed by atoms with Crippen molar-refractivity contribution in [3.05, 3.63) is 82.1 Å². The average molecular weight is 371 g/mol. The lowest BCUT2D eigenvalue weighted by atomic mass is 9.75. The Bertz CT molecular complexity index is 1080. The molecule has 2 aromatic rings. The van der Waals surface area contributed by atoms with Gasteiger partial charge in [-0.3, -0.25) is 9.59 Å². The number of ketones is 2. The predicted molar refractivity (Wildman–Crippen MR) is 107 cm³/mol. The number of allylic oxidation sites excluding steroid dienone is 3. The zero-order valence-electron chi connectivity index (χ0n) is 15.7.